The van der Waals surface area contributed by atoms with Crippen LogP contribution in [0.4, 0.5) is 0 Å². The molecule has 674 valence electrons. The second-order valence-electron chi connectivity index (χ2n) is 22.0. The highest BCUT2D eigenvalue weighted by atomic mass is 15.3. The maximum atomic E-state index is 4.11. The molecule has 0 atom stereocenters. The van der Waals surface area contributed by atoms with Crippen LogP contribution in [0.25, 0.3) is 82.9 Å². The minimum absolute atomic E-state index is 0.775. The highest BCUT2D eigenvalue weighted by Gasteiger charge is 2.00. The molecular weight excluding hydrogens is 1620 g/mol. The molecule has 0 amide bonds. The van der Waals surface area contributed by atoms with Crippen molar-refractivity contribution < 1.29 is 0 Å². The summed E-state index contributed by atoms with van der Waals surface area (Å²) in [5.74, 6) is 0. The quantitative estimate of drug-likeness (QED) is 0.136. The van der Waals surface area contributed by atoms with E-state index in [0.717, 1.165) is 61.2 Å². The number of imidazole rings is 11. The molecule has 0 saturated carbocycles. The molecule has 24 aromatic rings. The standard InChI is InChI=1S/2C11H8N2.C7H6N2.4C6H5N3.4C5H4N4.11C2H6/c1-2-4-10-7-13-8-12-6-11(13)5-9(10)3-1;1-2-4-11-9(3-1)5-6-10-7-12-8-13(10)11;1-2-4-9-6-8-5-7(9)3-1;1-2-9-5-8-4-6(9)3-7-1;1-2-7-4-9-5-8-3-6(1)9;1-2-8-6-4-7-5-9(6)3-1;1-2-6-4-7-5-9(6)8-3-1;1-5-8-2-7-4-9(5)3-6-1;1-5-2-7-4-9(5)8-3-6-1;1-2-9-4-6-3-5(9)8-7-1;1-2-8-9-4-6-3-5(9)7-1;11*1-2/h2*1-8H;1-6H;4*1-5H;4*1-4H;11*1-2H3. The van der Waals surface area contributed by atoms with E-state index < -0.39 is 0 Å². The van der Waals surface area contributed by atoms with E-state index in [9.17, 15) is 0 Å². The predicted octanol–water partition coefficient (Wildman–Crippen LogP) is 21.0. The number of hydrogen-bond acceptors (Lipinski definition) is 23. The van der Waals surface area contributed by atoms with Gasteiger partial charge in [0.1, 0.15) is 75.1 Å². The lowest BCUT2D eigenvalue weighted by Gasteiger charge is -2.00. The van der Waals surface area contributed by atoms with Crippen LogP contribution in [-0.2, 0) is 0 Å². The van der Waals surface area contributed by atoms with Gasteiger partial charge in [-0.05, 0) is 70.8 Å². The highest BCUT2D eigenvalue weighted by molar-refractivity contribution is 5.85. The Morgan fingerprint density at radius 2 is 0.674 bits per heavy atom. The van der Waals surface area contributed by atoms with Gasteiger partial charge in [0.05, 0.1) is 157 Å². The lowest BCUT2D eigenvalue weighted by molar-refractivity contribution is 0.892. The Morgan fingerprint density at radius 3 is 1.33 bits per heavy atom. The van der Waals surface area contributed by atoms with E-state index in [1.54, 1.807) is 203 Å². The van der Waals surface area contributed by atoms with Crippen LogP contribution in [0.15, 0.2) is 359 Å². The zero-order valence-corrected chi connectivity index (χ0v) is 78.2. The third kappa shape index (κ3) is 35.1. The second kappa shape index (κ2) is 67.2. The topological polar surface area (TPSA) is 345 Å². The third-order valence-corrected chi connectivity index (χ3v) is 15.1. The molecule has 0 N–H and O–H groups in total. The summed E-state index contributed by atoms with van der Waals surface area (Å²) in [6.07, 6.45) is 69.6. The largest absolute Gasteiger partial charge is 0.306 e. The first-order chi connectivity index (χ1) is 64.1. The molecule has 34 heteroatoms. The molecule has 0 fully saturated rings. The van der Waals surface area contributed by atoms with E-state index in [2.05, 4.69) is 174 Å². The predicted molar refractivity (Wildman–Crippen MR) is 520 cm³/mol. The minimum atomic E-state index is 0.775. The van der Waals surface area contributed by atoms with Crippen molar-refractivity contribution in [2.45, 2.75) is 152 Å². The number of rotatable bonds is 0. The van der Waals surface area contributed by atoms with Gasteiger partial charge in [0.15, 0.2) is 22.6 Å². The normalized spacial score (nSPS) is 9.16. The molecule has 0 bridgehead atoms. The molecule has 24 rings (SSSR count). The lowest BCUT2D eigenvalue weighted by atomic mass is 10.2. The van der Waals surface area contributed by atoms with Gasteiger partial charge < -0.3 is 13.2 Å². The van der Waals surface area contributed by atoms with Crippen LogP contribution in [-0.4, -0.2) is 164 Å². The van der Waals surface area contributed by atoms with Crippen LogP contribution in [0, 0.1) is 0 Å². The maximum Gasteiger partial charge on any atom is 0.179 e. The van der Waals surface area contributed by atoms with E-state index >= 15 is 0 Å². The number of fused-ring (bicyclic) bond motifs is 14. The summed E-state index contributed by atoms with van der Waals surface area (Å²) in [5.41, 5.74) is 11.9. The van der Waals surface area contributed by atoms with Crippen LogP contribution < -0.4 is 0 Å². The molecule has 34 nitrogen and oxygen atoms in total. The summed E-state index contributed by atoms with van der Waals surface area (Å²) in [6, 6.07) is 36.6. The summed E-state index contributed by atoms with van der Waals surface area (Å²) in [4.78, 5) is 70.6. The molecule has 22 aromatic heterocycles. The van der Waals surface area contributed by atoms with Gasteiger partial charge >= 0.3 is 0 Å². The summed E-state index contributed by atoms with van der Waals surface area (Å²) in [7, 11) is 0. The van der Waals surface area contributed by atoms with Crippen molar-refractivity contribution in [1.29, 1.82) is 0 Å². The summed E-state index contributed by atoms with van der Waals surface area (Å²) in [5, 5.41) is 23.0. The van der Waals surface area contributed by atoms with E-state index in [0.29, 0.717) is 0 Å². The fraction of sp³-hybridized carbons (Fsp3) is 0.232. The number of benzene rings is 2. The average Bonchev–Trinajstić information content (AvgIpc) is 1.70. The van der Waals surface area contributed by atoms with Gasteiger partial charge in [0, 0.05) is 62.0 Å². The molecule has 22 heterocycles. The minimum Gasteiger partial charge on any atom is -0.306 e. The van der Waals surface area contributed by atoms with Gasteiger partial charge in [-0.25, -0.2) is 98.3 Å². The van der Waals surface area contributed by atoms with Crippen LogP contribution in [0.1, 0.15) is 152 Å². The van der Waals surface area contributed by atoms with Crippen LogP contribution >= 0.6 is 0 Å². The van der Waals surface area contributed by atoms with E-state index in [1.165, 1.54) is 34.3 Å². The molecule has 129 heavy (non-hydrogen) atoms. The lowest BCUT2D eigenvalue weighted by Crippen LogP contribution is -1.88. The summed E-state index contributed by atoms with van der Waals surface area (Å²) >= 11 is 0. The fourth-order valence-corrected chi connectivity index (χ4v) is 9.91. The number of nitrogens with zero attached hydrogens (tertiary/aromatic N) is 34. The van der Waals surface area contributed by atoms with Crippen molar-refractivity contribution in [2.24, 2.45) is 0 Å². The van der Waals surface area contributed by atoms with Gasteiger partial charge in [-0.2, -0.15) is 20.4 Å². The van der Waals surface area contributed by atoms with Crippen molar-refractivity contribution in [1.82, 2.24) is 164 Å². The van der Waals surface area contributed by atoms with Gasteiger partial charge in [-0.15, -0.1) is 5.10 Å². The Labute approximate surface area is 754 Å². The second-order valence-corrected chi connectivity index (χ2v) is 22.0. The Hall–Kier alpha value is -16.3. The zero-order valence-electron chi connectivity index (χ0n) is 78.2. The van der Waals surface area contributed by atoms with Crippen molar-refractivity contribution >= 4 is 82.9 Å². The van der Waals surface area contributed by atoms with E-state index in [1.807, 2.05) is 285 Å². The van der Waals surface area contributed by atoms with E-state index in [-0.39, 0.29) is 0 Å². The molecule has 0 saturated heterocycles. The molecule has 0 radical (unpaired) electrons. The first kappa shape index (κ1) is 107. The molecule has 0 unspecified atom stereocenters. The maximum absolute atomic E-state index is 4.11. The Bertz CT molecular complexity index is 5450. The Kier molecular flexibility index (Phi) is 55.7. The van der Waals surface area contributed by atoms with Crippen molar-refractivity contribution in [2.75, 3.05) is 0 Å². The molecular formula is C95H124N34. The van der Waals surface area contributed by atoms with Crippen LogP contribution in [0.5, 0.6) is 0 Å². The molecule has 0 aliphatic carbocycles. The zero-order chi connectivity index (χ0) is 94.3. The van der Waals surface area contributed by atoms with Gasteiger partial charge in [0.25, 0.3) is 0 Å². The Balaban J connectivity index is 0.000000359. The van der Waals surface area contributed by atoms with Crippen LogP contribution in [0.2, 0.25) is 0 Å². The van der Waals surface area contributed by atoms with Crippen molar-refractivity contribution in [3.63, 3.8) is 0 Å². The number of para-hydroxylation sites is 1. The number of hydrogen-bond donors (Lipinski definition) is 0. The Morgan fingerprint density at radius 1 is 0.209 bits per heavy atom. The SMILES string of the molecule is CC.CC.CC.CC.CC.CC.CC.CC.CC.CC.CC.c1cc2cncn2cn1.c1ccc2c(c1)ccc1cncn12.c1ccc2cn3cncc3cc2c1.c1ccn2cncc2c1.c1cn2cncc2cn1.c1cn2cncc2nn1.c1cnc2cncn2c1.c1cnn2cncc2c1.c1cnn2cncc2n1.c1ncc2cncn2n1.c1ncn2cncc2n1. The summed E-state index contributed by atoms with van der Waals surface area (Å²) < 4.78 is 20.3. The fourth-order valence-electron chi connectivity index (χ4n) is 9.91. The average molecular weight is 1740 g/mol. The van der Waals surface area contributed by atoms with Gasteiger partial charge in [-0.1, -0.05) is 207 Å². The van der Waals surface area contributed by atoms with Crippen molar-refractivity contribution in [3.05, 3.63) is 359 Å². The monoisotopic (exact) mass is 1740 g/mol. The highest BCUT2D eigenvalue weighted by Crippen LogP contribution is 2.17. The number of aromatic nitrogens is 34. The van der Waals surface area contributed by atoms with E-state index in [4.69, 9.17) is 0 Å². The first-order valence-electron chi connectivity index (χ1n) is 43.3. The molecule has 0 aliphatic rings. The van der Waals surface area contributed by atoms with Crippen LogP contribution in [0.3, 0.4) is 0 Å². The molecule has 0 spiro atoms. The van der Waals surface area contributed by atoms with Gasteiger partial charge in [-0.3, -0.25) is 27.0 Å². The smallest absolute Gasteiger partial charge is 0.179 e. The van der Waals surface area contributed by atoms with Gasteiger partial charge in [0.2, 0.25) is 0 Å². The summed E-state index contributed by atoms with van der Waals surface area (Å²) in [6.45, 7) is 44.0. The number of pyridine rings is 3. The van der Waals surface area contributed by atoms with Crippen molar-refractivity contribution in [3.8, 4) is 0 Å². The molecule has 0 aliphatic heterocycles. The molecule has 2 aromatic carbocycles. The first-order valence-corrected chi connectivity index (χ1v) is 43.3. The third-order valence-electron chi connectivity index (χ3n) is 15.1.